The second-order valence-corrected chi connectivity index (χ2v) is 10.8. The Morgan fingerprint density at radius 1 is 0.605 bits per heavy atom. The molecule has 0 fully saturated rings. The molecule has 0 spiro atoms. The van der Waals surface area contributed by atoms with Crippen LogP contribution in [0.15, 0.2) is 126 Å². The molecule has 0 heterocycles. The van der Waals surface area contributed by atoms with Gasteiger partial charge in [0.2, 0.25) is 0 Å². The molecule has 6 heteroatoms. The zero-order chi connectivity index (χ0) is 26.8. The Balaban J connectivity index is 1.36. The molecule has 0 atom stereocenters. The maximum atomic E-state index is 12.3. The fraction of sp³-hybridized carbons (Fsp3) is 0.0625. The summed E-state index contributed by atoms with van der Waals surface area (Å²) >= 11 is 0. The molecule has 0 aliphatic heterocycles. The van der Waals surface area contributed by atoms with Crippen LogP contribution in [0.25, 0.3) is 12.2 Å². The van der Waals surface area contributed by atoms with Gasteiger partial charge in [-0.1, -0.05) is 97.1 Å². The van der Waals surface area contributed by atoms with Crippen LogP contribution in [0.1, 0.15) is 31.8 Å². The lowest BCUT2D eigenvalue weighted by Gasteiger charge is -2.21. The van der Waals surface area contributed by atoms with E-state index in [1.165, 1.54) is 0 Å². The Hall–Kier alpha value is -4.47. The Morgan fingerprint density at radius 2 is 0.974 bits per heavy atom. The second kappa shape index (κ2) is 12.7. The maximum absolute atomic E-state index is 12.3. The number of rotatable bonds is 10. The van der Waals surface area contributed by atoms with E-state index in [1.807, 2.05) is 91.6 Å². The van der Waals surface area contributed by atoms with Gasteiger partial charge in [-0.2, -0.15) is 0 Å². The van der Waals surface area contributed by atoms with Crippen molar-refractivity contribution in [2.75, 3.05) is 13.7 Å². The van der Waals surface area contributed by atoms with Crippen LogP contribution in [0.4, 0.5) is 0 Å². The number of nitrogens with zero attached hydrogens (tertiary/aromatic N) is 1. The molecule has 0 aromatic heterocycles. The Kier molecular flexibility index (Phi) is 8.86. The minimum atomic E-state index is -2.59. The number of carbonyl (C=O) groups is 2. The SMILES string of the molecule is CN=P(C)(Oc1ccc(/C=C/C(=O)c2ccccc2)cc1)Oc1ccc(/C=C/C(=O)c2ccccc2)cc1. The number of hydrogen-bond acceptors (Lipinski definition) is 5. The third-order valence-corrected chi connectivity index (χ3v) is 7.47. The van der Waals surface area contributed by atoms with E-state index in [2.05, 4.69) is 4.74 Å². The topological polar surface area (TPSA) is 65.0 Å². The lowest BCUT2D eigenvalue weighted by Crippen LogP contribution is -2.00. The summed E-state index contributed by atoms with van der Waals surface area (Å²) in [5.74, 6) is 1.15. The van der Waals surface area contributed by atoms with Crippen molar-refractivity contribution in [3.05, 3.63) is 144 Å². The summed E-state index contributed by atoms with van der Waals surface area (Å²) in [6.45, 7) is 1.84. The highest BCUT2D eigenvalue weighted by molar-refractivity contribution is 7.56. The van der Waals surface area contributed by atoms with Gasteiger partial charge >= 0.3 is 7.51 Å². The zero-order valence-electron chi connectivity index (χ0n) is 21.2. The fourth-order valence-electron chi connectivity index (χ4n) is 3.51. The first-order valence-electron chi connectivity index (χ1n) is 12.1. The molecular weight excluding hydrogens is 493 g/mol. The van der Waals surface area contributed by atoms with E-state index in [1.54, 1.807) is 55.6 Å². The monoisotopic (exact) mass is 521 g/mol. The predicted molar refractivity (Wildman–Crippen MR) is 155 cm³/mol. The lowest BCUT2D eigenvalue weighted by atomic mass is 10.1. The van der Waals surface area contributed by atoms with Gasteiger partial charge in [-0.25, -0.2) is 4.74 Å². The molecule has 0 N–H and O–H groups in total. The third-order valence-electron chi connectivity index (χ3n) is 5.64. The molecule has 0 aliphatic carbocycles. The molecule has 0 bridgehead atoms. The zero-order valence-corrected chi connectivity index (χ0v) is 22.1. The van der Waals surface area contributed by atoms with Crippen LogP contribution < -0.4 is 9.05 Å². The minimum absolute atomic E-state index is 0.0492. The van der Waals surface area contributed by atoms with Gasteiger partial charge in [-0.05, 0) is 47.5 Å². The third kappa shape index (κ3) is 7.52. The summed E-state index contributed by atoms with van der Waals surface area (Å²) in [4.78, 5) is 24.6. The molecule has 5 nitrogen and oxygen atoms in total. The molecule has 0 aliphatic rings. The number of carbonyl (C=O) groups excluding carboxylic acids is 2. The Morgan fingerprint density at radius 3 is 1.32 bits per heavy atom. The quantitative estimate of drug-likeness (QED) is 0.120. The van der Waals surface area contributed by atoms with Gasteiger partial charge in [0.25, 0.3) is 0 Å². The molecule has 0 amide bonds. The van der Waals surface area contributed by atoms with Crippen LogP contribution in [-0.2, 0) is 0 Å². The molecule has 4 aromatic rings. The van der Waals surface area contributed by atoms with Gasteiger partial charge < -0.3 is 9.05 Å². The van der Waals surface area contributed by atoms with Crippen molar-refractivity contribution in [1.82, 2.24) is 0 Å². The summed E-state index contributed by atoms with van der Waals surface area (Å²) in [7, 11) is -0.913. The van der Waals surface area contributed by atoms with Crippen LogP contribution >= 0.6 is 7.51 Å². The van der Waals surface area contributed by atoms with Crippen molar-refractivity contribution >= 4 is 31.2 Å². The number of allylic oxidation sites excluding steroid dienone is 2. The van der Waals surface area contributed by atoms with E-state index in [0.29, 0.717) is 22.6 Å². The first-order valence-corrected chi connectivity index (χ1v) is 14.1. The van der Waals surface area contributed by atoms with E-state index in [-0.39, 0.29) is 11.6 Å². The second-order valence-electron chi connectivity index (χ2n) is 8.45. The van der Waals surface area contributed by atoms with E-state index in [9.17, 15) is 9.59 Å². The molecule has 38 heavy (non-hydrogen) atoms. The first kappa shape index (κ1) is 26.6. The molecule has 0 unspecified atom stereocenters. The largest absolute Gasteiger partial charge is 0.430 e. The molecule has 4 aromatic carbocycles. The van der Waals surface area contributed by atoms with Gasteiger partial charge in [0.05, 0.1) is 0 Å². The van der Waals surface area contributed by atoms with Gasteiger partial charge in [0.15, 0.2) is 11.6 Å². The maximum Gasteiger partial charge on any atom is 0.310 e. The van der Waals surface area contributed by atoms with Crippen LogP contribution in [-0.4, -0.2) is 25.3 Å². The highest BCUT2D eigenvalue weighted by Crippen LogP contribution is 2.48. The highest BCUT2D eigenvalue weighted by atomic mass is 31.2. The van der Waals surface area contributed by atoms with Crippen molar-refractivity contribution < 1.29 is 18.6 Å². The standard InChI is InChI=1S/C32H28NO4P/c1-33-38(2,36-29-19-13-25(14-20-29)17-23-31(34)27-9-5-3-6-10-27)37-30-21-15-26(16-22-30)18-24-32(35)28-11-7-4-8-12-28/h3-24H,1-2H3/b23-17+,24-18+. The van der Waals surface area contributed by atoms with E-state index in [0.717, 1.165) is 11.1 Å². The Labute approximate surface area is 223 Å². The summed E-state index contributed by atoms with van der Waals surface area (Å²) in [6.07, 6.45) is 6.67. The number of ketones is 2. The van der Waals surface area contributed by atoms with E-state index >= 15 is 0 Å². The van der Waals surface area contributed by atoms with Crippen molar-refractivity contribution in [2.24, 2.45) is 4.74 Å². The van der Waals surface area contributed by atoms with Gasteiger partial charge in [-0.15, -0.1) is 0 Å². The number of hydrogen-bond donors (Lipinski definition) is 0. The normalized spacial score (nSPS) is 11.4. The van der Waals surface area contributed by atoms with Crippen LogP contribution in [0.2, 0.25) is 0 Å². The van der Waals surface area contributed by atoms with Gasteiger partial charge in [-0.3, -0.25) is 9.59 Å². The van der Waals surface area contributed by atoms with E-state index in [4.69, 9.17) is 9.05 Å². The minimum Gasteiger partial charge on any atom is -0.430 e. The molecule has 190 valence electrons. The smallest absolute Gasteiger partial charge is 0.310 e. The number of benzene rings is 4. The van der Waals surface area contributed by atoms with Crippen molar-refractivity contribution in [3.8, 4) is 11.5 Å². The average Bonchev–Trinajstić information content (AvgIpc) is 2.97. The predicted octanol–water partition coefficient (Wildman–Crippen LogP) is 8.23. The van der Waals surface area contributed by atoms with Crippen molar-refractivity contribution in [3.63, 3.8) is 0 Å². The van der Waals surface area contributed by atoms with Crippen molar-refractivity contribution in [2.45, 2.75) is 0 Å². The summed E-state index contributed by atoms with van der Waals surface area (Å²) in [5, 5.41) is 0. The molecule has 4 rings (SSSR count). The van der Waals surface area contributed by atoms with Gasteiger partial charge in [0, 0.05) is 24.8 Å². The molecular formula is C32H28NO4P. The molecule has 0 saturated heterocycles. The van der Waals surface area contributed by atoms with Crippen molar-refractivity contribution in [1.29, 1.82) is 0 Å². The first-order chi connectivity index (χ1) is 18.4. The summed E-state index contributed by atoms with van der Waals surface area (Å²) in [6, 6.07) is 33.1. The molecule has 0 radical (unpaired) electrons. The summed E-state index contributed by atoms with van der Waals surface area (Å²) in [5.41, 5.74) is 3.06. The Bertz CT molecular complexity index is 1380. The van der Waals surface area contributed by atoms with E-state index < -0.39 is 7.51 Å². The van der Waals surface area contributed by atoms with Crippen LogP contribution in [0, 0.1) is 0 Å². The van der Waals surface area contributed by atoms with Crippen LogP contribution in [0.3, 0.4) is 0 Å². The van der Waals surface area contributed by atoms with Gasteiger partial charge in [0.1, 0.15) is 11.5 Å². The molecule has 0 saturated carbocycles. The van der Waals surface area contributed by atoms with Crippen LogP contribution in [0.5, 0.6) is 11.5 Å². The summed E-state index contributed by atoms with van der Waals surface area (Å²) < 4.78 is 16.7. The fourth-order valence-corrected chi connectivity index (χ4v) is 4.74. The lowest BCUT2D eigenvalue weighted by molar-refractivity contribution is 0.103. The highest BCUT2D eigenvalue weighted by Gasteiger charge is 2.17. The average molecular weight is 522 g/mol.